The minimum atomic E-state index is -4.77. The summed E-state index contributed by atoms with van der Waals surface area (Å²) in [7, 11) is -9.54. The fourth-order valence-corrected chi connectivity index (χ4v) is 14.9. The third kappa shape index (κ3) is 73.2. The van der Waals surface area contributed by atoms with E-state index in [-0.39, 0.29) is 161 Å². The Morgan fingerprint density at radius 3 is 0.957 bits per heavy atom. The van der Waals surface area contributed by atoms with Gasteiger partial charge in [0.15, 0.2) is 0 Å². The molecule has 6 atom stereocenters. The standard InChI is InChI=1S/C90H164N4O18P2.2Na.2H/c1-7-13-19-25-29-33-35-39-41-47-53-63-85(95)93-79(75-105-71-67-81(59-51-45-23-17-11-5)111-87(97)65-55-49-43-37-31-27-21-15-9-3)77-109-113(101,102)107-73-69-91-89(99)83-61-57-58-62-84(83)90(100)92-70-74-108-114(103,104)110-78-80(94-86(96)64-54-48-42-40-36-34-30-26-20-14-8-2)76-106-72-68-82(60-52-46-24-18-12-6)112-88(98)66-56-50-44-38-32-28-22-16-10-4;;;;/h37-38,43-44,57-58,61-62,79-82H,7-36,39-42,45-56,59-60,63-78H2,1-6H3,(H,91,99)(H,92,100)(H,93,95)(H,94,96)(H,101,102)(H,103,104);;;;/q;2*+1;2*-1/b43-37-,44-38-;;;;/t79-,80-,81-,82-;;;;/m1..../s1. The molecule has 0 aliphatic rings. The molecule has 0 radical (unpaired) electrons. The number of esters is 2. The number of hydrogen-bond donors (Lipinski definition) is 6. The van der Waals surface area contributed by atoms with Gasteiger partial charge in [-0.25, -0.2) is 9.13 Å². The maximum absolute atomic E-state index is 13.6. The number of ether oxygens (including phenoxy) is 4. The summed E-state index contributed by atoms with van der Waals surface area (Å²) < 4.78 is 72.2. The van der Waals surface area contributed by atoms with E-state index in [0.29, 0.717) is 64.2 Å². The van der Waals surface area contributed by atoms with Gasteiger partial charge in [0.05, 0.1) is 76.1 Å². The van der Waals surface area contributed by atoms with Crippen molar-refractivity contribution in [1.82, 2.24) is 21.3 Å². The molecule has 1 rings (SSSR count). The van der Waals surface area contributed by atoms with Crippen molar-refractivity contribution in [3.8, 4) is 0 Å². The third-order valence-corrected chi connectivity index (χ3v) is 22.2. The first-order valence-corrected chi connectivity index (χ1v) is 48.7. The minimum Gasteiger partial charge on any atom is -1.00 e. The van der Waals surface area contributed by atoms with E-state index in [1.807, 2.05) is 0 Å². The second-order valence-electron chi connectivity index (χ2n) is 31.1. The first kappa shape index (κ1) is 116. The molecule has 22 nitrogen and oxygen atoms in total. The molecule has 26 heteroatoms. The summed E-state index contributed by atoms with van der Waals surface area (Å²) in [5, 5.41) is 11.1. The van der Waals surface area contributed by atoms with Crippen LogP contribution in [0, 0.1) is 0 Å². The SMILES string of the molecule is CCCCCC/C=C\CCCC(=O)O[C@H](CCCCCCC)CCOC[C@H](COP(=O)(O)OCCNC(=O)c1ccccc1C(=O)NCCOP(=O)(O)OC[C@@H](COCC[C@@H](CCCCCCC)OC(=O)CCC/C=C\CCCCCC)NC(=O)CCCCCCCCCCCCC)NC(=O)CCCCCCCCCCCCC.[H-].[H-].[Na+].[Na+]. The molecule has 1 aromatic carbocycles. The average Bonchev–Trinajstić information content (AvgIpc) is 0.843. The smallest absolute Gasteiger partial charge is 1.00 e. The Hall–Kier alpha value is -2.34. The van der Waals surface area contributed by atoms with E-state index in [0.717, 1.165) is 128 Å². The molecule has 4 amide bonds. The summed E-state index contributed by atoms with van der Waals surface area (Å²) in [5.74, 6) is -2.37. The van der Waals surface area contributed by atoms with Crippen molar-refractivity contribution in [3.05, 3.63) is 59.7 Å². The van der Waals surface area contributed by atoms with Gasteiger partial charge >= 0.3 is 86.7 Å². The molecule has 6 N–H and O–H groups in total. The van der Waals surface area contributed by atoms with Crippen LogP contribution in [0.2, 0.25) is 0 Å². The van der Waals surface area contributed by atoms with Gasteiger partial charge in [-0.3, -0.25) is 46.9 Å². The van der Waals surface area contributed by atoms with Crippen LogP contribution >= 0.6 is 15.6 Å². The molecule has 0 saturated heterocycles. The largest absolute Gasteiger partial charge is 1.00 e. The molecule has 2 unspecified atom stereocenters. The summed E-state index contributed by atoms with van der Waals surface area (Å²) >= 11 is 0. The Morgan fingerprint density at radius 2 is 0.638 bits per heavy atom. The molecular formula is C90H166N4Na2O18P2. The Balaban J connectivity index is -0.0000162. The van der Waals surface area contributed by atoms with Gasteiger partial charge in [0.2, 0.25) is 11.8 Å². The second-order valence-corrected chi connectivity index (χ2v) is 34.0. The number of phosphoric acid groups is 2. The Labute approximate surface area is 751 Å². The van der Waals surface area contributed by atoms with Gasteiger partial charge in [-0.15, -0.1) is 0 Å². The van der Waals surface area contributed by atoms with Gasteiger partial charge in [0.25, 0.3) is 11.8 Å². The molecule has 0 spiro atoms. The van der Waals surface area contributed by atoms with E-state index < -0.39 is 66.0 Å². The summed E-state index contributed by atoms with van der Waals surface area (Å²) in [6.07, 6.45) is 61.9. The van der Waals surface area contributed by atoms with Gasteiger partial charge in [-0.1, -0.05) is 296 Å². The fraction of sp³-hybridized carbons (Fsp3) is 0.822. The van der Waals surface area contributed by atoms with E-state index >= 15 is 0 Å². The molecule has 666 valence electrons. The summed E-state index contributed by atoms with van der Waals surface area (Å²) in [6.45, 7) is 11.2. The van der Waals surface area contributed by atoms with E-state index in [1.165, 1.54) is 153 Å². The average molecular weight is 1700 g/mol. The quantitative estimate of drug-likeness (QED) is 0.0116. The number of rotatable bonds is 84. The number of hydrogen-bond acceptors (Lipinski definition) is 16. The van der Waals surface area contributed by atoms with E-state index in [2.05, 4.69) is 87.1 Å². The molecule has 0 aliphatic carbocycles. The predicted molar refractivity (Wildman–Crippen MR) is 464 cm³/mol. The number of nitrogens with one attached hydrogen (secondary N) is 4. The van der Waals surface area contributed by atoms with Gasteiger partial charge in [0, 0.05) is 51.6 Å². The van der Waals surface area contributed by atoms with Gasteiger partial charge < -0.3 is 52.9 Å². The van der Waals surface area contributed by atoms with Crippen molar-refractivity contribution in [1.29, 1.82) is 0 Å². The molecule has 0 fully saturated rings. The van der Waals surface area contributed by atoms with Crippen molar-refractivity contribution in [3.63, 3.8) is 0 Å². The molecule has 0 heterocycles. The van der Waals surface area contributed by atoms with Crippen molar-refractivity contribution >= 4 is 51.2 Å². The summed E-state index contributed by atoms with van der Waals surface area (Å²) in [4.78, 5) is 102. The molecule has 0 saturated carbocycles. The molecule has 0 bridgehead atoms. The van der Waals surface area contributed by atoms with Crippen molar-refractivity contribution in [2.75, 3.05) is 65.9 Å². The Kier molecular flexibility index (Phi) is 83.3. The number of benzene rings is 1. The minimum absolute atomic E-state index is 0. The monoisotopic (exact) mass is 1700 g/mol. The Bertz CT molecular complexity index is 2520. The number of carbonyl (C=O) groups is 6. The number of amides is 4. The maximum atomic E-state index is 13.6. The van der Waals surface area contributed by atoms with Gasteiger partial charge in [-0.05, 0) is 102 Å². The second kappa shape index (κ2) is 83.6. The summed E-state index contributed by atoms with van der Waals surface area (Å²) in [6, 6.07) is 4.28. The molecular weight excluding hydrogens is 1530 g/mol. The van der Waals surface area contributed by atoms with E-state index in [1.54, 1.807) is 12.1 Å². The van der Waals surface area contributed by atoms with Crippen LogP contribution in [0.5, 0.6) is 0 Å². The normalized spacial score (nSPS) is 13.6. The van der Waals surface area contributed by atoms with Crippen LogP contribution in [0.1, 0.15) is 412 Å². The van der Waals surface area contributed by atoms with Crippen LogP contribution in [-0.4, -0.2) is 136 Å². The third-order valence-electron chi connectivity index (χ3n) is 20.3. The molecule has 0 aliphatic heterocycles. The van der Waals surface area contributed by atoms with Crippen LogP contribution in [0.4, 0.5) is 0 Å². The number of unbranched alkanes of at least 4 members (excludes halogenated alkanes) is 38. The number of carbonyl (C=O) groups excluding carboxylic acids is 6. The van der Waals surface area contributed by atoms with Gasteiger partial charge in [0.1, 0.15) is 12.2 Å². The number of phosphoric ester groups is 2. The molecule has 1 aromatic rings. The number of allylic oxidation sites excluding steroid dienone is 4. The molecule has 0 aromatic heterocycles. The van der Waals surface area contributed by atoms with Crippen LogP contribution < -0.4 is 80.4 Å². The van der Waals surface area contributed by atoms with Crippen molar-refractivity contribution < 1.29 is 147 Å². The fourth-order valence-electron chi connectivity index (χ4n) is 13.3. The zero-order chi connectivity index (χ0) is 83.3. The van der Waals surface area contributed by atoms with Crippen LogP contribution in [-0.2, 0) is 65.4 Å². The zero-order valence-corrected chi connectivity index (χ0v) is 80.3. The van der Waals surface area contributed by atoms with Crippen molar-refractivity contribution in [2.24, 2.45) is 0 Å². The van der Waals surface area contributed by atoms with E-state index in [4.69, 9.17) is 37.0 Å². The topological polar surface area (TPSA) is 299 Å². The maximum Gasteiger partial charge on any atom is 1.00 e. The van der Waals surface area contributed by atoms with Crippen LogP contribution in [0.15, 0.2) is 48.6 Å². The first-order chi connectivity index (χ1) is 55.4. The van der Waals surface area contributed by atoms with Crippen LogP contribution in [0.3, 0.4) is 0 Å². The first-order valence-electron chi connectivity index (χ1n) is 45.7. The van der Waals surface area contributed by atoms with Crippen molar-refractivity contribution in [2.45, 2.75) is 413 Å². The Morgan fingerprint density at radius 1 is 0.353 bits per heavy atom. The predicted octanol–water partition coefficient (Wildman–Crippen LogP) is 16.8. The van der Waals surface area contributed by atoms with E-state index in [9.17, 15) is 47.7 Å². The zero-order valence-electron chi connectivity index (χ0n) is 76.5. The van der Waals surface area contributed by atoms with Gasteiger partial charge in [-0.2, -0.15) is 0 Å². The molecule has 116 heavy (non-hydrogen) atoms. The summed E-state index contributed by atoms with van der Waals surface area (Å²) in [5.41, 5.74) is -0.0733. The van der Waals surface area contributed by atoms with Crippen LogP contribution in [0.25, 0.3) is 0 Å².